The molecule has 4 heteroatoms. The Morgan fingerprint density at radius 3 is 2.45 bits per heavy atom. The predicted octanol–water partition coefficient (Wildman–Crippen LogP) is 4.43. The molecule has 1 N–H and O–H groups in total. The Bertz CT molecular complexity index is 639. The van der Waals surface area contributed by atoms with E-state index in [2.05, 4.69) is 17.2 Å². The van der Waals surface area contributed by atoms with Crippen molar-refractivity contribution in [1.82, 2.24) is 10.3 Å². The number of hydrogen-bond donors (Lipinski definition) is 1. The van der Waals surface area contributed by atoms with E-state index < -0.39 is 0 Å². The molecule has 0 radical (unpaired) electrons. The molecular formula is C18H22N2OS. The molecule has 1 aliphatic carbocycles. The highest BCUT2D eigenvalue weighted by Crippen LogP contribution is 2.24. The van der Waals surface area contributed by atoms with Crippen molar-refractivity contribution in [2.45, 2.75) is 45.6 Å². The minimum Gasteiger partial charge on any atom is -0.349 e. The molecule has 1 saturated carbocycles. The number of aromatic nitrogens is 1. The van der Waals surface area contributed by atoms with Gasteiger partial charge in [-0.1, -0.05) is 19.1 Å². The number of thiazole rings is 1. The minimum absolute atomic E-state index is 0.0422. The second-order valence-corrected chi connectivity index (χ2v) is 7.32. The summed E-state index contributed by atoms with van der Waals surface area (Å²) in [4.78, 5) is 16.8. The Morgan fingerprint density at radius 1 is 1.18 bits per heavy atom. The molecule has 0 bridgehead atoms. The number of carbonyl (C=O) groups excluding carboxylic acids is 1. The molecule has 1 amide bonds. The zero-order valence-electron chi connectivity index (χ0n) is 13.1. The Labute approximate surface area is 135 Å². The fraction of sp³-hybridized carbons (Fsp3) is 0.444. The van der Waals surface area contributed by atoms with E-state index in [0.29, 0.717) is 6.04 Å². The van der Waals surface area contributed by atoms with Crippen LogP contribution in [0, 0.1) is 12.8 Å². The van der Waals surface area contributed by atoms with Crippen molar-refractivity contribution < 1.29 is 4.79 Å². The SMILES string of the molecule is Cc1nc(-c2ccc(C(=O)NC3CCC(C)CC3)cc2)cs1. The summed E-state index contributed by atoms with van der Waals surface area (Å²) in [5, 5.41) is 6.27. The molecule has 0 saturated heterocycles. The summed E-state index contributed by atoms with van der Waals surface area (Å²) in [6.07, 6.45) is 4.63. The van der Waals surface area contributed by atoms with Gasteiger partial charge in [-0.3, -0.25) is 4.79 Å². The van der Waals surface area contributed by atoms with Gasteiger partial charge in [-0.25, -0.2) is 4.98 Å². The molecule has 0 aliphatic heterocycles. The molecule has 1 aromatic carbocycles. The van der Waals surface area contributed by atoms with Gasteiger partial charge in [0.1, 0.15) is 0 Å². The third-order valence-electron chi connectivity index (χ3n) is 4.41. The van der Waals surface area contributed by atoms with Gasteiger partial charge in [0.05, 0.1) is 10.7 Å². The molecule has 3 rings (SSSR count). The summed E-state index contributed by atoms with van der Waals surface area (Å²) in [7, 11) is 0. The first kappa shape index (κ1) is 15.2. The second kappa shape index (κ2) is 6.61. The third-order valence-corrected chi connectivity index (χ3v) is 5.19. The normalized spacial score (nSPS) is 21.5. The monoisotopic (exact) mass is 314 g/mol. The average molecular weight is 314 g/mol. The number of hydrogen-bond acceptors (Lipinski definition) is 3. The fourth-order valence-corrected chi connectivity index (χ4v) is 3.58. The van der Waals surface area contributed by atoms with Gasteiger partial charge in [-0.15, -0.1) is 11.3 Å². The lowest BCUT2D eigenvalue weighted by Crippen LogP contribution is -2.37. The van der Waals surface area contributed by atoms with Gasteiger partial charge >= 0.3 is 0 Å². The van der Waals surface area contributed by atoms with Crippen LogP contribution in [0.4, 0.5) is 0 Å². The molecule has 1 fully saturated rings. The Balaban J connectivity index is 1.63. The van der Waals surface area contributed by atoms with E-state index in [1.165, 1.54) is 12.8 Å². The Kier molecular flexibility index (Phi) is 4.57. The van der Waals surface area contributed by atoms with Crippen LogP contribution >= 0.6 is 11.3 Å². The lowest BCUT2D eigenvalue weighted by Gasteiger charge is -2.26. The standard InChI is InChI=1S/C18H22N2OS/c1-12-3-9-16(10-4-12)20-18(21)15-7-5-14(6-8-15)17-11-22-13(2)19-17/h5-8,11-12,16H,3-4,9-10H2,1-2H3,(H,20,21). The van der Waals surface area contributed by atoms with E-state index in [-0.39, 0.29) is 5.91 Å². The van der Waals surface area contributed by atoms with E-state index >= 15 is 0 Å². The molecule has 3 nitrogen and oxygen atoms in total. The molecule has 116 valence electrons. The lowest BCUT2D eigenvalue weighted by molar-refractivity contribution is 0.0923. The van der Waals surface area contributed by atoms with Gasteiger partial charge in [-0.2, -0.15) is 0 Å². The van der Waals surface area contributed by atoms with Gasteiger partial charge in [0.15, 0.2) is 0 Å². The quantitative estimate of drug-likeness (QED) is 0.911. The van der Waals surface area contributed by atoms with Crippen molar-refractivity contribution in [2.24, 2.45) is 5.92 Å². The topological polar surface area (TPSA) is 42.0 Å². The van der Waals surface area contributed by atoms with E-state index in [9.17, 15) is 4.79 Å². The van der Waals surface area contributed by atoms with Crippen molar-refractivity contribution in [3.63, 3.8) is 0 Å². The van der Waals surface area contributed by atoms with Crippen molar-refractivity contribution in [3.8, 4) is 11.3 Å². The largest absolute Gasteiger partial charge is 0.349 e. The van der Waals surface area contributed by atoms with E-state index in [1.807, 2.05) is 36.6 Å². The lowest BCUT2D eigenvalue weighted by atomic mass is 9.87. The van der Waals surface area contributed by atoms with Crippen LogP contribution in [0.2, 0.25) is 0 Å². The van der Waals surface area contributed by atoms with Crippen molar-refractivity contribution >= 4 is 17.2 Å². The second-order valence-electron chi connectivity index (χ2n) is 6.26. The summed E-state index contributed by atoms with van der Waals surface area (Å²) < 4.78 is 0. The van der Waals surface area contributed by atoms with Crippen LogP contribution in [0.1, 0.15) is 48.0 Å². The summed E-state index contributed by atoms with van der Waals surface area (Å²) >= 11 is 1.64. The molecular weight excluding hydrogens is 292 g/mol. The third kappa shape index (κ3) is 3.55. The predicted molar refractivity (Wildman–Crippen MR) is 91.2 cm³/mol. The van der Waals surface area contributed by atoms with Crippen LogP contribution in [-0.4, -0.2) is 16.9 Å². The molecule has 2 aromatic rings. The maximum Gasteiger partial charge on any atom is 0.251 e. The van der Waals surface area contributed by atoms with Gasteiger partial charge in [0.2, 0.25) is 0 Å². The van der Waals surface area contributed by atoms with Crippen LogP contribution in [0.25, 0.3) is 11.3 Å². The Hall–Kier alpha value is -1.68. The maximum absolute atomic E-state index is 12.3. The van der Waals surface area contributed by atoms with Gasteiger partial charge < -0.3 is 5.32 Å². The number of carbonyl (C=O) groups is 1. The van der Waals surface area contributed by atoms with Crippen LogP contribution in [0.5, 0.6) is 0 Å². The van der Waals surface area contributed by atoms with Crippen LogP contribution in [0.3, 0.4) is 0 Å². The van der Waals surface area contributed by atoms with Crippen molar-refractivity contribution in [3.05, 3.63) is 40.2 Å². The molecule has 1 aromatic heterocycles. The number of benzene rings is 1. The van der Waals surface area contributed by atoms with Crippen molar-refractivity contribution in [1.29, 1.82) is 0 Å². The highest BCUT2D eigenvalue weighted by molar-refractivity contribution is 7.09. The summed E-state index contributed by atoms with van der Waals surface area (Å²) in [5.41, 5.74) is 2.78. The van der Waals surface area contributed by atoms with Crippen LogP contribution in [-0.2, 0) is 0 Å². The van der Waals surface area contributed by atoms with E-state index in [0.717, 1.165) is 40.6 Å². The van der Waals surface area contributed by atoms with Gasteiger partial charge in [0.25, 0.3) is 5.91 Å². The number of nitrogens with zero attached hydrogens (tertiary/aromatic N) is 1. The summed E-state index contributed by atoms with van der Waals surface area (Å²) in [6.45, 7) is 4.29. The first-order chi connectivity index (χ1) is 10.6. The number of amides is 1. The molecule has 1 aliphatic rings. The average Bonchev–Trinajstić information content (AvgIpc) is 2.96. The number of nitrogens with one attached hydrogen (secondary N) is 1. The molecule has 1 heterocycles. The van der Waals surface area contributed by atoms with Gasteiger partial charge in [-0.05, 0) is 50.7 Å². The summed E-state index contributed by atoms with van der Waals surface area (Å²) in [5.74, 6) is 0.842. The Morgan fingerprint density at radius 2 is 1.86 bits per heavy atom. The van der Waals surface area contributed by atoms with E-state index in [1.54, 1.807) is 11.3 Å². The fourth-order valence-electron chi connectivity index (χ4n) is 2.96. The van der Waals surface area contributed by atoms with Crippen molar-refractivity contribution in [2.75, 3.05) is 0 Å². The minimum atomic E-state index is 0.0422. The number of aryl methyl sites for hydroxylation is 1. The van der Waals surface area contributed by atoms with Crippen LogP contribution < -0.4 is 5.32 Å². The molecule has 0 unspecified atom stereocenters. The highest BCUT2D eigenvalue weighted by Gasteiger charge is 2.20. The smallest absolute Gasteiger partial charge is 0.251 e. The zero-order chi connectivity index (χ0) is 15.5. The highest BCUT2D eigenvalue weighted by atomic mass is 32.1. The molecule has 22 heavy (non-hydrogen) atoms. The first-order valence-corrected chi connectivity index (χ1v) is 8.83. The maximum atomic E-state index is 12.3. The van der Waals surface area contributed by atoms with E-state index in [4.69, 9.17) is 0 Å². The summed E-state index contributed by atoms with van der Waals surface area (Å²) in [6, 6.07) is 8.08. The molecule has 0 spiro atoms. The molecule has 0 atom stereocenters. The van der Waals surface area contributed by atoms with Crippen LogP contribution in [0.15, 0.2) is 29.6 Å². The zero-order valence-corrected chi connectivity index (χ0v) is 14.0. The first-order valence-electron chi connectivity index (χ1n) is 7.95. The van der Waals surface area contributed by atoms with Gasteiger partial charge in [0, 0.05) is 22.5 Å². The number of rotatable bonds is 3.